The Kier molecular flexibility index (Phi) is 6.67. The fourth-order valence-electron chi connectivity index (χ4n) is 3.31. The van der Waals surface area contributed by atoms with E-state index in [1.54, 1.807) is 17.5 Å². The molecule has 3 heterocycles. The summed E-state index contributed by atoms with van der Waals surface area (Å²) in [4.78, 5) is 24.5. The molecule has 6 nitrogen and oxygen atoms in total. The number of nitrogens with zero attached hydrogens (tertiary/aromatic N) is 3. The third-order valence-electron chi connectivity index (χ3n) is 4.94. The maximum atomic E-state index is 11.8. The molecule has 0 spiro atoms. The van der Waals surface area contributed by atoms with Crippen molar-refractivity contribution in [3.63, 3.8) is 0 Å². The van der Waals surface area contributed by atoms with Crippen LogP contribution in [0.25, 0.3) is 10.7 Å². The SMILES string of the molecule is CC(c1cnc(-c2ccccn2)s1)N1CCC(COC(=O)NC(C)(C)C)CC1. The summed E-state index contributed by atoms with van der Waals surface area (Å²) in [5.74, 6) is 0.430. The van der Waals surface area contributed by atoms with Gasteiger partial charge in [0.2, 0.25) is 0 Å². The number of amides is 1. The van der Waals surface area contributed by atoms with Gasteiger partial charge in [-0.15, -0.1) is 11.3 Å². The lowest BCUT2D eigenvalue weighted by molar-refractivity contribution is 0.0809. The minimum atomic E-state index is -0.324. The number of aromatic nitrogens is 2. The molecule has 1 saturated heterocycles. The molecular weight excluding hydrogens is 372 g/mol. The number of hydrogen-bond acceptors (Lipinski definition) is 6. The number of pyridine rings is 1. The second-order valence-electron chi connectivity index (χ2n) is 8.41. The number of nitrogens with one attached hydrogen (secondary N) is 1. The Labute approximate surface area is 171 Å². The first kappa shape index (κ1) is 20.7. The van der Waals surface area contributed by atoms with Gasteiger partial charge in [-0.3, -0.25) is 9.88 Å². The van der Waals surface area contributed by atoms with Crippen LogP contribution in [0.5, 0.6) is 0 Å². The van der Waals surface area contributed by atoms with Crippen molar-refractivity contribution in [1.29, 1.82) is 0 Å². The Morgan fingerprint density at radius 2 is 2.07 bits per heavy atom. The zero-order chi connectivity index (χ0) is 20.1. The van der Waals surface area contributed by atoms with Crippen molar-refractivity contribution in [2.24, 2.45) is 5.92 Å². The van der Waals surface area contributed by atoms with E-state index in [0.29, 0.717) is 18.6 Å². The van der Waals surface area contributed by atoms with Crippen molar-refractivity contribution in [1.82, 2.24) is 20.2 Å². The van der Waals surface area contributed by atoms with E-state index >= 15 is 0 Å². The standard InChI is InChI=1S/C21H30N4O2S/c1-15(18-13-23-19(28-18)17-7-5-6-10-22-17)25-11-8-16(9-12-25)14-27-20(26)24-21(2,3)4/h5-7,10,13,15-16H,8-9,11-12,14H2,1-4H3,(H,24,26). The van der Waals surface area contributed by atoms with E-state index in [1.165, 1.54) is 4.88 Å². The predicted octanol–water partition coefficient (Wildman–Crippen LogP) is 4.50. The lowest BCUT2D eigenvalue weighted by Crippen LogP contribution is -2.42. The van der Waals surface area contributed by atoms with Crippen molar-refractivity contribution in [2.45, 2.75) is 52.1 Å². The summed E-state index contributed by atoms with van der Waals surface area (Å²) >= 11 is 1.72. The first-order valence-electron chi connectivity index (χ1n) is 9.88. The van der Waals surface area contributed by atoms with E-state index in [2.05, 4.69) is 27.1 Å². The van der Waals surface area contributed by atoms with Crippen LogP contribution in [0.2, 0.25) is 0 Å². The molecule has 1 amide bonds. The number of carbonyl (C=O) groups excluding carboxylic acids is 1. The van der Waals surface area contributed by atoms with Crippen LogP contribution in [-0.2, 0) is 4.74 Å². The van der Waals surface area contributed by atoms with Gasteiger partial charge in [0.1, 0.15) is 5.01 Å². The monoisotopic (exact) mass is 402 g/mol. The highest BCUT2D eigenvalue weighted by atomic mass is 32.1. The Morgan fingerprint density at radius 1 is 1.32 bits per heavy atom. The number of likely N-dealkylation sites (tertiary alicyclic amines) is 1. The van der Waals surface area contributed by atoms with Crippen molar-refractivity contribution < 1.29 is 9.53 Å². The summed E-state index contributed by atoms with van der Waals surface area (Å²) in [5.41, 5.74) is 0.661. The highest BCUT2D eigenvalue weighted by Gasteiger charge is 2.26. The van der Waals surface area contributed by atoms with E-state index in [1.807, 2.05) is 45.2 Å². The molecule has 0 aromatic carbocycles. The van der Waals surface area contributed by atoms with Crippen molar-refractivity contribution in [3.05, 3.63) is 35.5 Å². The fourth-order valence-corrected chi connectivity index (χ4v) is 4.29. The molecule has 3 rings (SSSR count). The number of alkyl carbamates (subject to hydrolysis) is 1. The number of carbonyl (C=O) groups is 1. The van der Waals surface area contributed by atoms with Crippen LogP contribution in [-0.4, -0.2) is 46.2 Å². The van der Waals surface area contributed by atoms with Gasteiger partial charge in [-0.05, 0) is 71.7 Å². The molecule has 1 atom stereocenters. The first-order chi connectivity index (χ1) is 13.3. The highest BCUT2D eigenvalue weighted by molar-refractivity contribution is 7.15. The molecule has 7 heteroatoms. The van der Waals surface area contributed by atoms with Gasteiger partial charge >= 0.3 is 6.09 Å². The Bertz CT molecular complexity index is 764. The molecule has 1 aliphatic heterocycles. The lowest BCUT2D eigenvalue weighted by atomic mass is 9.96. The minimum Gasteiger partial charge on any atom is -0.449 e. The molecule has 28 heavy (non-hydrogen) atoms. The van der Waals surface area contributed by atoms with Gasteiger partial charge in [-0.1, -0.05) is 6.07 Å². The summed E-state index contributed by atoms with van der Waals surface area (Å²) in [6.07, 6.45) is 5.53. The molecule has 2 aromatic rings. The summed E-state index contributed by atoms with van der Waals surface area (Å²) in [7, 11) is 0. The van der Waals surface area contributed by atoms with E-state index in [4.69, 9.17) is 4.74 Å². The summed E-state index contributed by atoms with van der Waals surface area (Å²) in [5, 5.41) is 3.81. The van der Waals surface area contributed by atoms with Crippen LogP contribution < -0.4 is 5.32 Å². The molecule has 1 fully saturated rings. The molecule has 1 aliphatic rings. The topological polar surface area (TPSA) is 67.3 Å². The molecule has 152 valence electrons. The van der Waals surface area contributed by atoms with Gasteiger partial charge in [0.15, 0.2) is 0 Å². The molecule has 1 N–H and O–H groups in total. The van der Waals surface area contributed by atoms with Gasteiger partial charge in [0.25, 0.3) is 0 Å². The van der Waals surface area contributed by atoms with E-state index in [0.717, 1.165) is 36.6 Å². The van der Waals surface area contributed by atoms with E-state index < -0.39 is 0 Å². The van der Waals surface area contributed by atoms with Crippen molar-refractivity contribution in [3.8, 4) is 10.7 Å². The van der Waals surface area contributed by atoms with Crippen LogP contribution in [0.3, 0.4) is 0 Å². The number of thiazole rings is 1. The molecule has 1 unspecified atom stereocenters. The van der Waals surface area contributed by atoms with Gasteiger partial charge < -0.3 is 10.1 Å². The Hall–Kier alpha value is -1.99. The maximum Gasteiger partial charge on any atom is 0.407 e. The van der Waals surface area contributed by atoms with Gasteiger partial charge in [0, 0.05) is 28.9 Å². The second-order valence-corrected chi connectivity index (χ2v) is 9.47. The van der Waals surface area contributed by atoms with Crippen molar-refractivity contribution in [2.75, 3.05) is 19.7 Å². The zero-order valence-electron chi connectivity index (χ0n) is 17.1. The molecular formula is C21H30N4O2S. The predicted molar refractivity (Wildman–Crippen MR) is 112 cm³/mol. The van der Waals surface area contributed by atoms with Crippen molar-refractivity contribution >= 4 is 17.4 Å². The number of ether oxygens (including phenoxy) is 1. The highest BCUT2D eigenvalue weighted by Crippen LogP contribution is 2.32. The summed E-state index contributed by atoms with van der Waals surface area (Å²) < 4.78 is 5.41. The van der Waals surface area contributed by atoms with Crippen LogP contribution in [0.15, 0.2) is 30.6 Å². The molecule has 0 aliphatic carbocycles. The third-order valence-corrected chi connectivity index (χ3v) is 6.13. The average molecular weight is 403 g/mol. The maximum absolute atomic E-state index is 11.8. The first-order valence-corrected chi connectivity index (χ1v) is 10.7. The smallest absolute Gasteiger partial charge is 0.407 e. The molecule has 0 bridgehead atoms. The second kappa shape index (κ2) is 9.01. The van der Waals surface area contributed by atoms with E-state index in [-0.39, 0.29) is 11.6 Å². The molecule has 0 radical (unpaired) electrons. The number of hydrogen-bond donors (Lipinski definition) is 1. The number of rotatable bonds is 5. The summed E-state index contributed by atoms with van der Waals surface area (Å²) in [6.45, 7) is 10.6. The molecule has 0 saturated carbocycles. The summed E-state index contributed by atoms with van der Waals surface area (Å²) in [6, 6.07) is 6.23. The van der Waals surface area contributed by atoms with Crippen LogP contribution in [0, 0.1) is 5.92 Å². The van der Waals surface area contributed by atoms with Crippen LogP contribution >= 0.6 is 11.3 Å². The van der Waals surface area contributed by atoms with Gasteiger partial charge in [0.05, 0.1) is 12.3 Å². The Morgan fingerprint density at radius 3 is 2.71 bits per heavy atom. The third kappa shape index (κ3) is 5.75. The number of piperidine rings is 1. The zero-order valence-corrected chi connectivity index (χ0v) is 18.0. The molecule has 2 aromatic heterocycles. The largest absolute Gasteiger partial charge is 0.449 e. The van der Waals surface area contributed by atoms with Gasteiger partial charge in [-0.2, -0.15) is 0 Å². The van der Waals surface area contributed by atoms with Crippen LogP contribution in [0.4, 0.5) is 4.79 Å². The lowest BCUT2D eigenvalue weighted by Gasteiger charge is -2.35. The average Bonchev–Trinajstić information content (AvgIpc) is 3.16. The van der Waals surface area contributed by atoms with E-state index in [9.17, 15) is 4.79 Å². The van der Waals surface area contributed by atoms with Crippen LogP contribution in [0.1, 0.15) is 51.5 Å². The Balaban J connectivity index is 1.47. The quantitative estimate of drug-likeness (QED) is 0.797. The normalized spacial score (nSPS) is 17.3. The minimum absolute atomic E-state index is 0.265. The van der Waals surface area contributed by atoms with Gasteiger partial charge in [-0.25, -0.2) is 9.78 Å². The fraction of sp³-hybridized carbons (Fsp3) is 0.571.